The molecule has 1 N–H and O–H groups in total. The first-order valence-electron chi connectivity index (χ1n) is 9.10. The molecule has 4 aromatic rings. The molecule has 0 saturated heterocycles. The van der Waals surface area contributed by atoms with E-state index < -0.39 is 11.7 Å². The molecule has 1 amide bonds. The van der Waals surface area contributed by atoms with Gasteiger partial charge in [0.05, 0.1) is 16.8 Å². The highest BCUT2D eigenvalue weighted by molar-refractivity contribution is 6.49. The summed E-state index contributed by atoms with van der Waals surface area (Å²) in [5.41, 5.74) is 2.31. The molecule has 0 atom stereocenters. The molecular weight excluding hydrogens is 444 g/mol. The number of Topliss-reactive ketones (excluding diaryl/α,β-unsaturated/α-hetero) is 1. The van der Waals surface area contributed by atoms with Crippen LogP contribution in [-0.2, 0) is 11.2 Å². The van der Waals surface area contributed by atoms with Gasteiger partial charge in [-0.25, -0.2) is 4.39 Å². The zero-order valence-corrected chi connectivity index (χ0v) is 17.3. The van der Waals surface area contributed by atoms with Crippen LogP contribution in [0.4, 0.5) is 10.1 Å². The van der Waals surface area contributed by atoms with E-state index in [2.05, 4.69) is 5.32 Å². The lowest BCUT2D eigenvalue weighted by Crippen LogP contribution is -2.27. The van der Waals surface area contributed by atoms with Gasteiger partial charge in [0.2, 0.25) is 12.4 Å². The minimum Gasteiger partial charge on any atom is -0.619 e. The summed E-state index contributed by atoms with van der Waals surface area (Å²) in [6, 6.07) is 13.0. The summed E-state index contributed by atoms with van der Waals surface area (Å²) in [5, 5.41) is 13.6. The number of benzene rings is 1. The summed E-state index contributed by atoms with van der Waals surface area (Å²) in [4.78, 5) is 25.6. The number of aromatic nitrogens is 2. The van der Waals surface area contributed by atoms with Gasteiger partial charge in [0.1, 0.15) is 15.9 Å². The molecule has 0 fully saturated rings. The van der Waals surface area contributed by atoms with Gasteiger partial charge < -0.3 is 14.9 Å². The van der Waals surface area contributed by atoms with E-state index in [1.807, 2.05) is 0 Å². The number of amides is 1. The minimum atomic E-state index is -0.947. The Morgan fingerprint density at radius 3 is 2.42 bits per heavy atom. The van der Waals surface area contributed by atoms with Gasteiger partial charge in [0.25, 0.3) is 11.7 Å². The topological polar surface area (TPSA) is 77.5 Å². The molecule has 0 unspecified atom stereocenters. The lowest BCUT2D eigenvalue weighted by atomic mass is 10.1. The maximum Gasteiger partial charge on any atom is 0.296 e. The first-order valence-corrected chi connectivity index (χ1v) is 9.86. The SMILES string of the molecule is O=C(Nc1c(Cl)c[n+]([O-])cc1Cl)C(=O)c1cc(Cc2ccc(F)cc2)n2ccccc12. The van der Waals surface area contributed by atoms with Gasteiger partial charge in [-0.2, -0.15) is 4.73 Å². The first kappa shape index (κ1) is 20.8. The number of halogens is 3. The van der Waals surface area contributed by atoms with E-state index in [4.69, 9.17) is 23.2 Å². The van der Waals surface area contributed by atoms with Crippen molar-refractivity contribution in [3.05, 3.63) is 105 Å². The second kappa shape index (κ2) is 8.37. The van der Waals surface area contributed by atoms with E-state index in [0.717, 1.165) is 23.7 Å². The van der Waals surface area contributed by atoms with Crippen LogP contribution in [0.15, 0.2) is 67.1 Å². The molecule has 0 spiro atoms. The van der Waals surface area contributed by atoms with Crippen molar-refractivity contribution < 1.29 is 18.7 Å². The van der Waals surface area contributed by atoms with Crippen LogP contribution >= 0.6 is 23.2 Å². The van der Waals surface area contributed by atoms with Crippen LogP contribution in [0.3, 0.4) is 0 Å². The molecule has 31 heavy (non-hydrogen) atoms. The van der Waals surface area contributed by atoms with Crippen molar-refractivity contribution in [2.24, 2.45) is 0 Å². The third-order valence-electron chi connectivity index (χ3n) is 4.70. The summed E-state index contributed by atoms with van der Waals surface area (Å²) in [7, 11) is 0. The number of fused-ring (bicyclic) bond motifs is 1. The average molecular weight is 458 g/mol. The Labute approximate surface area is 186 Å². The molecule has 4 rings (SSSR count). The molecule has 0 saturated carbocycles. The fourth-order valence-electron chi connectivity index (χ4n) is 3.27. The van der Waals surface area contributed by atoms with E-state index in [1.54, 1.807) is 47.0 Å². The van der Waals surface area contributed by atoms with Gasteiger partial charge in [-0.1, -0.05) is 41.4 Å². The van der Waals surface area contributed by atoms with Gasteiger partial charge in [-0.05, 0) is 35.9 Å². The van der Waals surface area contributed by atoms with Crippen molar-refractivity contribution in [3.8, 4) is 0 Å². The van der Waals surface area contributed by atoms with Crippen LogP contribution in [0.5, 0.6) is 0 Å². The highest BCUT2D eigenvalue weighted by Crippen LogP contribution is 2.28. The molecule has 0 aliphatic carbocycles. The monoisotopic (exact) mass is 457 g/mol. The Kier molecular flexibility index (Phi) is 5.63. The van der Waals surface area contributed by atoms with E-state index in [1.165, 1.54) is 12.1 Å². The Hall–Kier alpha value is -3.42. The smallest absolute Gasteiger partial charge is 0.296 e. The van der Waals surface area contributed by atoms with Gasteiger partial charge in [0.15, 0.2) is 0 Å². The van der Waals surface area contributed by atoms with Crippen LogP contribution in [0.25, 0.3) is 5.52 Å². The molecule has 0 bridgehead atoms. The number of pyridine rings is 2. The molecule has 3 aromatic heterocycles. The fourth-order valence-corrected chi connectivity index (χ4v) is 3.81. The van der Waals surface area contributed by atoms with E-state index in [9.17, 15) is 19.2 Å². The Bertz CT molecular complexity index is 1300. The van der Waals surface area contributed by atoms with Crippen LogP contribution < -0.4 is 10.0 Å². The Morgan fingerprint density at radius 1 is 1.06 bits per heavy atom. The number of rotatable bonds is 5. The minimum absolute atomic E-state index is 0.0242. The largest absolute Gasteiger partial charge is 0.619 e. The highest BCUT2D eigenvalue weighted by Gasteiger charge is 2.24. The van der Waals surface area contributed by atoms with Crippen molar-refractivity contribution in [3.63, 3.8) is 0 Å². The predicted molar refractivity (Wildman–Crippen MR) is 115 cm³/mol. The average Bonchev–Trinajstić information content (AvgIpc) is 3.10. The third-order valence-corrected chi connectivity index (χ3v) is 5.28. The van der Waals surface area contributed by atoms with Crippen LogP contribution in [0.2, 0.25) is 10.0 Å². The van der Waals surface area contributed by atoms with Crippen LogP contribution in [-0.4, -0.2) is 16.1 Å². The second-order valence-corrected chi connectivity index (χ2v) is 7.60. The number of hydrogen-bond acceptors (Lipinski definition) is 3. The molecule has 0 aliphatic heterocycles. The lowest BCUT2D eigenvalue weighted by Gasteiger charge is -2.08. The molecule has 1 aromatic carbocycles. The maximum absolute atomic E-state index is 13.2. The fraction of sp³-hybridized carbons (Fsp3) is 0.0455. The van der Waals surface area contributed by atoms with E-state index >= 15 is 0 Å². The molecule has 156 valence electrons. The zero-order chi connectivity index (χ0) is 22.1. The predicted octanol–water partition coefficient (Wildman–Crippen LogP) is 4.43. The van der Waals surface area contributed by atoms with Gasteiger partial charge in [-0.15, -0.1) is 0 Å². The summed E-state index contributed by atoms with van der Waals surface area (Å²) in [6.07, 6.45) is 4.24. The Morgan fingerprint density at radius 2 is 1.74 bits per heavy atom. The number of ketones is 1. The van der Waals surface area contributed by atoms with E-state index in [0.29, 0.717) is 16.7 Å². The van der Waals surface area contributed by atoms with Gasteiger partial charge in [-0.3, -0.25) is 9.59 Å². The zero-order valence-electron chi connectivity index (χ0n) is 15.8. The highest BCUT2D eigenvalue weighted by atomic mass is 35.5. The van der Waals surface area contributed by atoms with Crippen molar-refractivity contribution in [1.29, 1.82) is 0 Å². The van der Waals surface area contributed by atoms with Gasteiger partial charge >= 0.3 is 0 Å². The van der Waals surface area contributed by atoms with Gasteiger partial charge in [0, 0.05) is 18.3 Å². The summed E-state index contributed by atoms with van der Waals surface area (Å²) < 4.78 is 15.4. The third kappa shape index (κ3) is 4.23. The lowest BCUT2D eigenvalue weighted by molar-refractivity contribution is -0.605. The molecule has 3 heterocycles. The summed E-state index contributed by atoms with van der Waals surface area (Å²) in [6.45, 7) is 0. The molecule has 0 radical (unpaired) electrons. The molecular formula is C22H14Cl2FN3O3. The molecule has 9 heteroatoms. The normalized spacial score (nSPS) is 10.9. The number of hydrogen-bond donors (Lipinski definition) is 1. The van der Waals surface area contributed by atoms with Crippen molar-refractivity contribution in [2.45, 2.75) is 6.42 Å². The van der Waals surface area contributed by atoms with Crippen LogP contribution in [0, 0.1) is 11.0 Å². The quantitative estimate of drug-likeness (QED) is 0.208. The molecule has 0 aliphatic rings. The van der Waals surface area contributed by atoms with Crippen molar-refractivity contribution in [1.82, 2.24) is 4.40 Å². The summed E-state index contributed by atoms with van der Waals surface area (Å²) >= 11 is 11.9. The maximum atomic E-state index is 13.2. The number of carbonyl (C=O) groups is 2. The van der Waals surface area contributed by atoms with Crippen molar-refractivity contribution >= 4 is 46.1 Å². The first-order chi connectivity index (χ1) is 14.8. The van der Waals surface area contributed by atoms with Crippen molar-refractivity contribution in [2.75, 3.05) is 5.32 Å². The number of carbonyl (C=O) groups excluding carboxylic acids is 2. The Balaban J connectivity index is 1.67. The summed E-state index contributed by atoms with van der Waals surface area (Å²) in [5.74, 6) is -2.07. The second-order valence-electron chi connectivity index (χ2n) is 6.78. The molecule has 6 nitrogen and oxygen atoms in total. The van der Waals surface area contributed by atoms with Crippen LogP contribution in [0.1, 0.15) is 21.6 Å². The van der Waals surface area contributed by atoms with E-state index in [-0.39, 0.29) is 27.1 Å². The number of nitrogens with zero attached hydrogens (tertiary/aromatic N) is 2. The number of nitrogens with one attached hydrogen (secondary N) is 1. The standard InChI is InChI=1S/C22H14Cl2FN3O3/c23-17-11-27(31)12-18(24)20(17)26-22(30)21(29)16-10-15(28-8-2-1-3-19(16)28)9-13-4-6-14(25)7-5-13/h1-8,10-12H,9H2,(H,26,30). The number of anilines is 1.